The topological polar surface area (TPSA) is 109 Å². The number of benzene rings is 1. The molecular formula is C20H23N5O3. The molecule has 0 radical (unpaired) electrons. The van der Waals surface area contributed by atoms with E-state index in [0.717, 1.165) is 61.0 Å². The Bertz CT molecular complexity index is 953. The second-order valence-electron chi connectivity index (χ2n) is 6.95. The molecule has 1 fully saturated rings. The molecule has 0 spiro atoms. The first kappa shape index (κ1) is 18.3. The molecule has 146 valence electrons. The van der Waals surface area contributed by atoms with Gasteiger partial charge in [0.1, 0.15) is 17.4 Å². The Balaban J connectivity index is 1.77. The molecule has 0 unspecified atom stereocenters. The highest BCUT2D eigenvalue weighted by Gasteiger charge is 2.34. The smallest absolute Gasteiger partial charge is 0.244 e. The minimum atomic E-state index is -0.332. The molecule has 0 amide bonds. The number of nitrogens with two attached hydrogens (primary N) is 1. The lowest BCUT2D eigenvalue weighted by Crippen LogP contribution is -2.35. The van der Waals surface area contributed by atoms with Crippen LogP contribution in [-0.4, -0.2) is 48.5 Å². The van der Waals surface area contributed by atoms with Gasteiger partial charge in [-0.1, -0.05) is 6.07 Å². The van der Waals surface area contributed by atoms with E-state index in [0.29, 0.717) is 11.5 Å². The molecule has 4 rings (SSSR count). The van der Waals surface area contributed by atoms with Crippen molar-refractivity contribution in [2.24, 2.45) is 5.73 Å². The maximum atomic E-state index is 9.73. The largest absolute Gasteiger partial charge is 0.496 e. The van der Waals surface area contributed by atoms with Crippen LogP contribution in [0.2, 0.25) is 0 Å². The molecule has 3 heterocycles. The Kier molecular flexibility index (Phi) is 4.94. The summed E-state index contributed by atoms with van der Waals surface area (Å²) in [6, 6.07) is 8.22. The molecular weight excluding hydrogens is 358 g/mol. The van der Waals surface area contributed by atoms with Gasteiger partial charge in [0.2, 0.25) is 11.8 Å². The van der Waals surface area contributed by atoms with Gasteiger partial charge in [-0.15, -0.1) is 5.10 Å². The predicted molar refractivity (Wildman–Crippen MR) is 102 cm³/mol. The van der Waals surface area contributed by atoms with E-state index in [1.165, 1.54) is 0 Å². The lowest BCUT2D eigenvalue weighted by Gasteiger charge is -2.28. The number of rotatable bonds is 4. The number of aryl methyl sites for hydroxylation is 1. The molecule has 8 nitrogen and oxygen atoms in total. The van der Waals surface area contributed by atoms with E-state index in [4.69, 9.17) is 19.9 Å². The van der Waals surface area contributed by atoms with Gasteiger partial charge in [0.15, 0.2) is 0 Å². The summed E-state index contributed by atoms with van der Waals surface area (Å²) in [5.41, 5.74) is 10.1. The summed E-state index contributed by atoms with van der Waals surface area (Å²) < 4.78 is 16.6. The van der Waals surface area contributed by atoms with Crippen molar-refractivity contribution in [1.82, 2.24) is 15.1 Å². The molecule has 0 aliphatic carbocycles. The van der Waals surface area contributed by atoms with Crippen LogP contribution in [0.1, 0.15) is 28.3 Å². The van der Waals surface area contributed by atoms with Gasteiger partial charge in [0, 0.05) is 36.5 Å². The first-order valence-corrected chi connectivity index (χ1v) is 9.21. The summed E-state index contributed by atoms with van der Waals surface area (Å²) in [7, 11) is 1.67. The van der Waals surface area contributed by atoms with Gasteiger partial charge in [-0.05, 0) is 24.6 Å². The standard InChI is InChI=1S/C20H23N5O3/c1-12-17-18(15(10-21)19(22)28-20(17)24-23-12)13-3-4-16(26-2)14(9-13)11-25-5-7-27-8-6-25/h3-4,9,18H,5-8,11,22H2,1-2H3,(H,23,24)/t18-/m0/s1. The Hall–Kier alpha value is -3.02. The Morgan fingerprint density at radius 1 is 1.39 bits per heavy atom. The van der Waals surface area contributed by atoms with Gasteiger partial charge < -0.3 is 19.9 Å². The molecule has 1 atom stereocenters. The minimum Gasteiger partial charge on any atom is -0.496 e. The Labute approximate surface area is 163 Å². The third-order valence-corrected chi connectivity index (χ3v) is 5.26. The van der Waals surface area contributed by atoms with Crippen molar-refractivity contribution in [3.63, 3.8) is 0 Å². The molecule has 1 aromatic heterocycles. The molecule has 0 bridgehead atoms. The van der Waals surface area contributed by atoms with Crippen molar-refractivity contribution in [1.29, 1.82) is 5.26 Å². The normalized spacial score (nSPS) is 19.7. The van der Waals surface area contributed by atoms with E-state index >= 15 is 0 Å². The van der Waals surface area contributed by atoms with Crippen molar-refractivity contribution in [2.45, 2.75) is 19.4 Å². The second kappa shape index (κ2) is 7.54. The number of fused-ring (bicyclic) bond motifs is 1. The first-order chi connectivity index (χ1) is 13.6. The van der Waals surface area contributed by atoms with Crippen LogP contribution in [0.15, 0.2) is 29.7 Å². The molecule has 28 heavy (non-hydrogen) atoms. The minimum absolute atomic E-state index is 0.0945. The fraction of sp³-hybridized carbons (Fsp3) is 0.400. The number of nitrogens with zero attached hydrogens (tertiary/aromatic N) is 3. The zero-order chi connectivity index (χ0) is 19.7. The number of aromatic amines is 1. The van der Waals surface area contributed by atoms with Crippen LogP contribution in [0, 0.1) is 18.3 Å². The number of nitrogens with one attached hydrogen (secondary N) is 1. The maximum absolute atomic E-state index is 9.73. The van der Waals surface area contributed by atoms with Crippen LogP contribution < -0.4 is 15.2 Å². The molecule has 1 saturated heterocycles. The van der Waals surface area contributed by atoms with E-state index < -0.39 is 0 Å². The molecule has 2 aliphatic rings. The maximum Gasteiger partial charge on any atom is 0.244 e. The van der Waals surface area contributed by atoms with Crippen molar-refractivity contribution in [3.05, 3.63) is 52.0 Å². The van der Waals surface area contributed by atoms with Crippen molar-refractivity contribution in [3.8, 4) is 17.7 Å². The summed E-state index contributed by atoms with van der Waals surface area (Å²) in [5, 5.41) is 16.8. The van der Waals surface area contributed by atoms with Crippen molar-refractivity contribution < 1.29 is 14.2 Å². The molecule has 2 aliphatic heterocycles. The van der Waals surface area contributed by atoms with E-state index in [1.54, 1.807) is 7.11 Å². The van der Waals surface area contributed by atoms with Gasteiger partial charge >= 0.3 is 0 Å². The average molecular weight is 381 g/mol. The van der Waals surface area contributed by atoms with Gasteiger partial charge in [0.25, 0.3) is 0 Å². The van der Waals surface area contributed by atoms with Gasteiger partial charge in [-0.3, -0.25) is 10.00 Å². The molecule has 3 N–H and O–H groups in total. The number of aromatic nitrogens is 2. The first-order valence-electron chi connectivity index (χ1n) is 9.21. The monoisotopic (exact) mass is 381 g/mol. The molecule has 0 saturated carbocycles. The Morgan fingerprint density at radius 3 is 2.89 bits per heavy atom. The molecule has 2 aromatic rings. The highest BCUT2D eigenvalue weighted by atomic mass is 16.5. The number of hydrogen-bond acceptors (Lipinski definition) is 7. The number of ether oxygens (including phenoxy) is 3. The van der Waals surface area contributed by atoms with E-state index in [2.05, 4.69) is 27.2 Å². The third kappa shape index (κ3) is 3.19. The van der Waals surface area contributed by atoms with Crippen molar-refractivity contribution >= 4 is 0 Å². The Morgan fingerprint density at radius 2 is 2.18 bits per heavy atom. The summed E-state index contributed by atoms with van der Waals surface area (Å²) in [4.78, 5) is 2.33. The lowest BCUT2D eigenvalue weighted by molar-refractivity contribution is 0.0339. The quantitative estimate of drug-likeness (QED) is 0.831. The van der Waals surface area contributed by atoms with E-state index in [9.17, 15) is 5.26 Å². The summed E-state index contributed by atoms with van der Waals surface area (Å²) in [6.45, 7) is 5.89. The highest BCUT2D eigenvalue weighted by Crippen LogP contribution is 2.43. The number of hydrogen-bond donors (Lipinski definition) is 2. The summed E-state index contributed by atoms with van der Waals surface area (Å²) in [5.74, 6) is 1.00. The molecule has 8 heteroatoms. The van der Waals surface area contributed by atoms with E-state index in [1.807, 2.05) is 19.1 Å². The highest BCUT2D eigenvalue weighted by molar-refractivity contribution is 5.56. The number of allylic oxidation sites excluding steroid dienone is 1. The fourth-order valence-corrected chi connectivity index (χ4v) is 3.83. The van der Waals surface area contributed by atoms with Gasteiger partial charge in [-0.2, -0.15) is 5.26 Å². The van der Waals surface area contributed by atoms with Crippen LogP contribution in [0.25, 0.3) is 0 Å². The van der Waals surface area contributed by atoms with E-state index in [-0.39, 0.29) is 11.8 Å². The number of methoxy groups -OCH3 is 1. The van der Waals surface area contributed by atoms with Crippen LogP contribution in [0.3, 0.4) is 0 Å². The number of H-pyrrole nitrogens is 1. The summed E-state index contributed by atoms with van der Waals surface area (Å²) >= 11 is 0. The predicted octanol–water partition coefficient (Wildman–Crippen LogP) is 1.78. The SMILES string of the molecule is COc1ccc([C@H]2C(C#N)=C(N)Oc3n[nH]c(C)c32)cc1CN1CCOCC1. The van der Waals surface area contributed by atoms with Crippen LogP contribution >= 0.6 is 0 Å². The fourth-order valence-electron chi connectivity index (χ4n) is 3.83. The van der Waals surface area contributed by atoms with Gasteiger partial charge in [-0.25, -0.2) is 0 Å². The van der Waals surface area contributed by atoms with Gasteiger partial charge in [0.05, 0.1) is 26.2 Å². The third-order valence-electron chi connectivity index (χ3n) is 5.26. The zero-order valence-corrected chi connectivity index (χ0v) is 16.0. The van der Waals surface area contributed by atoms with Crippen molar-refractivity contribution in [2.75, 3.05) is 33.4 Å². The summed E-state index contributed by atoms with van der Waals surface area (Å²) in [6.07, 6.45) is 0. The van der Waals surface area contributed by atoms with Crippen LogP contribution in [-0.2, 0) is 11.3 Å². The number of morpholine rings is 1. The van der Waals surface area contributed by atoms with Crippen LogP contribution in [0.4, 0.5) is 0 Å². The second-order valence-corrected chi connectivity index (χ2v) is 6.95. The van der Waals surface area contributed by atoms with Crippen LogP contribution in [0.5, 0.6) is 11.6 Å². The average Bonchev–Trinajstić information content (AvgIpc) is 3.08. The molecule has 1 aromatic carbocycles. The zero-order valence-electron chi connectivity index (χ0n) is 16.0. The lowest BCUT2D eigenvalue weighted by atomic mass is 9.83. The number of nitriles is 1.